The molecule has 0 rings (SSSR count). The molecule has 6 atom stereocenters. The molecule has 0 spiro atoms. The van der Waals surface area contributed by atoms with Crippen molar-refractivity contribution in [1.29, 1.82) is 0 Å². The topological polar surface area (TPSA) is 237 Å². The Morgan fingerprint density at radius 3 is 0.703 bits per heavy atom. The van der Waals surface area contributed by atoms with Crippen LogP contribution in [0, 0.1) is 23.7 Å². The van der Waals surface area contributed by atoms with Crippen LogP contribution in [-0.2, 0) is 65.4 Å². The van der Waals surface area contributed by atoms with E-state index < -0.39 is 97.5 Å². The van der Waals surface area contributed by atoms with Crippen LogP contribution in [0.5, 0.6) is 0 Å². The summed E-state index contributed by atoms with van der Waals surface area (Å²) in [6, 6.07) is 0. The van der Waals surface area contributed by atoms with Gasteiger partial charge in [0.15, 0.2) is 12.2 Å². The molecule has 0 aromatic carbocycles. The predicted octanol–water partition coefficient (Wildman–Crippen LogP) is 24.4. The Morgan fingerprint density at radius 1 is 0.277 bits per heavy atom. The highest BCUT2D eigenvalue weighted by Gasteiger charge is 2.30. The lowest BCUT2D eigenvalue weighted by Crippen LogP contribution is -2.30. The fourth-order valence-corrected chi connectivity index (χ4v) is 14.2. The molecule has 0 aliphatic heterocycles. The summed E-state index contributed by atoms with van der Waals surface area (Å²) in [6.45, 7) is 14.2. The van der Waals surface area contributed by atoms with Gasteiger partial charge in [-0.05, 0) is 49.4 Å². The van der Waals surface area contributed by atoms with E-state index in [2.05, 4.69) is 55.4 Å². The smallest absolute Gasteiger partial charge is 0.462 e. The number of carbonyl (C=O) groups is 4. The molecule has 0 amide bonds. The van der Waals surface area contributed by atoms with Crippen LogP contribution in [0.1, 0.15) is 421 Å². The Morgan fingerprint density at radius 2 is 0.475 bits per heavy atom. The van der Waals surface area contributed by atoms with E-state index in [0.717, 1.165) is 120 Å². The summed E-state index contributed by atoms with van der Waals surface area (Å²) >= 11 is 0. The molecule has 3 unspecified atom stereocenters. The van der Waals surface area contributed by atoms with Gasteiger partial charge in [-0.1, -0.05) is 370 Å². The molecule has 0 aromatic heterocycles. The van der Waals surface area contributed by atoms with Crippen molar-refractivity contribution in [2.75, 3.05) is 39.6 Å². The molecule has 19 heteroatoms. The van der Waals surface area contributed by atoms with Crippen LogP contribution < -0.4 is 0 Å². The zero-order chi connectivity index (χ0) is 74.6. The Kier molecular flexibility index (Phi) is 69.6. The van der Waals surface area contributed by atoms with Crippen molar-refractivity contribution in [3.05, 3.63) is 0 Å². The Bertz CT molecular complexity index is 1970. The van der Waals surface area contributed by atoms with Crippen molar-refractivity contribution in [3.63, 3.8) is 0 Å². The van der Waals surface area contributed by atoms with E-state index in [9.17, 15) is 43.2 Å². The fourth-order valence-electron chi connectivity index (χ4n) is 12.6. The molecule has 0 saturated heterocycles. The third-order valence-electron chi connectivity index (χ3n) is 19.4. The van der Waals surface area contributed by atoms with Gasteiger partial charge in [-0.15, -0.1) is 0 Å². The van der Waals surface area contributed by atoms with Crippen molar-refractivity contribution in [3.8, 4) is 0 Å². The molecule has 101 heavy (non-hydrogen) atoms. The van der Waals surface area contributed by atoms with E-state index >= 15 is 0 Å². The maximum Gasteiger partial charge on any atom is 0.472 e. The molecule has 17 nitrogen and oxygen atoms in total. The van der Waals surface area contributed by atoms with Crippen molar-refractivity contribution in [2.24, 2.45) is 23.7 Å². The van der Waals surface area contributed by atoms with E-state index in [1.54, 1.807) is 0 Å². The second-order valence-electron chi connectivity index (χ2n) is 31.2. The molecule has 0 aliphatic carbocycles. The number of rotatable bonds is 79. The standard InChI is InChI=1S/C82H160O17P2/c1-9-75(8)61-53-45-40-41-47-55-63-80(85)93-69-78(99-81(86)64-56-48-38-32-26-22-17-13-11-10-12-15-19-23-28-34-42-50-58-72(2)3)71-97-101(90,91)95-67-76(83)66-94-100(88,89)96-70-77(98-82(87)65-57-49-39-33-27-30-36-44-52-60-74(6)7)68-92-79(84)62-54-46-37-31-25-21-18-14-16-20-24-29-35-43-51-59-73(4)5/h72-78,83H,9-71H2,1-8H3,(H,88,89)(H,90,91)/t75?,76-,77-,78-/m1/s1. The average molecular weight is 1480 g/mol. The number of phosphoric ester groups is 2. The highest BCUT2D eigenvalue weighted by Crippen LogP contribution is 2.45. The molecule has 0 radical (unpaired) electrons. The van der Waals surface area contributed by atoms with Gasteiger partial charge in [0.05, 0.1) is 26.4 Å². The summed E-state index contributed by atoms with van der Waals surface area (Å²) < 4.78 is 68.7. The number of ether oxygens (including phenoxy) is 4. The normalized spacial score (nSPS) is 14.3. The van der Waals surface area contributed by atoms with E-state index in [1.807, 2.05) is 0 Å². The first-order valence-electron chi connectivity index (χ1n) is 42.2. The maximum atomic E-state index is 13.1. The van der Waals surface area contributed by atoms with Crippen molar-refractivity contribution in [1.82, 2.24) is 0 Å². The van der Waals surface area contributed by atoms with Crippen LogP contribution >= 0.6 is 15.6 Å². The van der Waals surface area contributed by atoms with Crippen LogP contribution in [0.2, 0.25) is 0 Å². The van der Waals surface area contributed by atoms with Crippen LogP contribution in [-0.4, -0.2) is 96.7 Å². The highest BCUT2D eigenvalue weighted by atomic mass is 31.2. The lowest BCUT2D eigenvalue weighted by atomic mass is 10.00. The molecule has 0 bridgehead atoms. The van der Waals surface area contributed by atoms with Gasteiger partial charge in [0.1, 0.15) is 19.3 Å². The van der Waals surface area contributed by atoms with E-state index in [1.165, 1.54) is 218 Å². The number of phosphoric acid groups is 2. The van der Waals surface area contributed by atoms with Crippen LogP contribution in [0.4, 0.5) is 0 Å². The Hall–Kier alpha value is -1.94. The van der Waals surface area contributed by atoms with Crippen LogP contribution in [0.3, 0.4) is 0 Å². The van der Waals surface area contributed by atoms with Gasteiger partial charge in [-0.2, -0.15) is 0 Å². The zero-order valence-corrected chi connectivity index (χ0v) is 68.3. The summed E-state index contributed by atoms with van der Waals surface area (Å²) in [6.07, 6.45) is 58.4. The minimum Gasteiger partial charge on any atom is -0.462 e. The van der Waals surface area contributed by atoms with Gasteiger partial charge in [0, 0.05) is 25.7 Å². The largest absolute Gasteiger partial charge is 0.472 e. The molecule has 600 valence electrons. The maximum absolute atomic E-state index is 13.1. The second kappa shape index (κ2) is 71.0. The molecule has 0 aliphatic rings. The zero-order valence-electron chi connectivity index (χ0n) is 66.5. The van der Waals surface area contributed by atoms with Crippen molar-refractivity contribution in [2.45, 2.75) is 440 Å². The van der Waals surface area contributed by atoms with Gasteiger partial charge in [-0.3, -0.25) is 37.3 Å². The van der Waals surface area contributed by atoms with Gasteiger partial charge in [-0.25, -0.2) is 9.13 Å². The lowest BCUT2D eigenvalue weighted by molar-refractivity contribution is -0.161. The third kappa shape index (κ3) is 74.7. The number of hydrogen-bond acceptors (Lipinski definition) is 15. The van der Waals surface area contributed by atoms with Gasteiger partial charge < -0.3 is 33.8 Å². The Balaban J connectivity index is 5.18. The van der Waals surface area contributed by atoms with Crippen LogP contribution in [0.25, 0.3) is 0 Å². The van der Waals surface area contributed by atoms with E-state index in [-0.39, 0.29) is 25.7 Å². The average Bonchev–Trinajstić information content (AvgIpc) is 0.986. The SMILES string of the molecule is CCC(C)CCCCCCCCC(=O)OC[C@H](COP(=O)(O)OC[C@H](O)COP(=O)(O)OC[C@@H](COC(=O)CCCCCCCCCCCCCCCCCC(C)C)OC(=O)CCCCCCCCCCCC(C)C)OC(=O)CCCCCCCCCCCCCCCCCCCCC(C)C. The fraction of sp³-hybridized carbons (Fsp3) is 0.951. The van der Waals surface area contributed by atoms with Gasteiger partial charge in [0.2, 0.25) is 0 Å². The number of hydrogen-bond donors (Lipinski definition) is 3. The van der Waals surface area contributed by atoms with E-state index in [0.29, 0.717) is 25.7 Å². The quantitative estimate of drug-likeness (QED) is 0.0222. The van der Waals surface area contributed by atoms with Gasteiger partial charge >= 0.3 is 39.5 Å². The number of aliphatic hydroxyl groups excluding tert-OH is 1. The third-order valence-corrected chi connectivity index (χ3v) is 21.3. The number of aliphatic hydroxyl groups is 1. The lowest BCUT2D eigenvalue weighted by Gasteiger charge is -2.21. The molecule has 0 saturated carbocycles. The minimum absolute atomic E-state index is 0.105. The minimum atomic E-state index is -4.96. The Labute approximate surface area is 619 Å². The monoisotopic (exact) mass is 1480 g/mol. The van der Waals surface area contributed by atoms with Crippen molar-refractivity contribution >= 4 is 39.5 Å². The van der Waals surface area contributed by atoms with Crippen molar-refractivity contribution < 1.29 is 80.2 Å². The second-order valence-corrected chi connectivity index (χ2v) is 34.1. The van der Waals surface area contributed by atoms with Gasteiger partial charge in [0.25, 0.3) is 0 Å². The number of carbonyl (C=O) groups excluding carboxylic acids is 4. The molecular formula is C82H160O17P2. The summed E-state index contributed by atoms with van der Waals surface area (Å²) in [7, 11) is -9.92. The first-order chi connectivity index (χ1) is 48.6. The van der Waals surface area contributed by atoms with E-state index in [4.69, 9.17) is 37.0 Å². The summed E-state index contributed by atoms with van der Waals surface area (Å²) in [5, 5.41) is 10.6. The summed E-state index contributed by atoms with van der Waals surface area (Å²) in [5.74, 6) is 0.979. The molecule has 3 N–H and O–H groups in total. The molecule has 0 aromatic rings. The summed E-state index contributed by atoms with van der Waals surface area (Å²) in [5.41, 5.74) is 0. The molecule has 0 heterocycles. The number of esters is 4. The number of unbranched alkanes of at least 4 members (excludes halogenated alkanes) is 44. The molecular weight excluding hydrogens is 1320 g/mol. The first kappa shape index (κ1) is 99.1. The molecule has 0 fully saturated rings. The summed E-state index contributed by atoms with van der Waals surface area (Å²) in [4.78, 5) is 73.0. The highest BCUT2D eigenvalue weighted by molar-refractivity contribution is 7.47. The first-order valence-corrected chi connectivity index (χ1v) is 45.2. The van der Waals surface area contributed by atoms with Crippen LogP contribution in [0.15, 0.2) is 0 Å². The predicted molar refractivity (Wildman–Crippen MR) is 414 cm³/mol.